The van der Waals surface area contributed by atoms with E-state index in [1.54, 1.807) is 0 Å². The molecule has 2 fully saturated rings. The first-order valence-electron chi connectivity index (χ1n) is 8.45. The van der Waals surface area contributed by atoms with E-state index in [-0.39, 0.29) is 36.0 Å². The number of nitrogens with zero attached hydrogens (tertiary/aromatic N) is 2. The lowest BCUT2D eigenvalue weighted by molar-refractivity contribution is -0.130. The van der Waals surface area contributed by atoms with E-state index in [2.05, 4.69) is 24.2 Å². The molecule has 0 atom stereocenters. The monoisotopic (exact) mass is 441 g/mol. The Labute approximate surface area is 157 Å². The molecule has 0 amide bonds. The second-order valence-electron chi connectivity index (χ2n) is 6.59. The summed E-state index contributed by atoms with van der Waals surface area (Å²) in [5.41, 5.74) is -0.164. The van der Waals surface area contributed by atoms with Crippen molar-refractivity contribution in [2.24, 2.45) is 16.3 Å². The first kappa shape index (κ1) is 20.9. The number of hydrogen-bond acceptors (Lipinski definition) is 4. The molecule has 2 rings (SSSR count). The number of aliphatic imine (C=N–C) groups is 1. The lowest BCUT2D eigenvalue weighted by atomic mass is 9.87. The van der Waals surface area contributed by atoms with Gasteiger partial charge in [-0.05, 0) is 32.1 Å². The van der Waals surface area contributed by atoms with Crippen LogP contribution in [-0.2, 0) is 9.47 Å². The summed E-state index contributed by atoms with van der Waals surface area (Å²) in [5, 5.41) is 12.8. The maximum Gasteiger partial charge on any atom is 0.193 e. The summed E-state index contributed by atoms with van der Waals surface area (Å²) >= 11 is 0. The molecule has 2 heterocycles. The van der Waals surface area contributed by atoms with Gasteiger partial charge in [0.1, 0.15) is 0 Å². The number of halogens is 1. The van der Waals surface area contributed by atoms with Gasteiger partial charge in [0.15, 0.2) is 5.96 Å². The highest BCUT2D eigenvalue weighted by Gasteiger charge is 2.38. The van der Waals surface area contributed by atoms with Gasteiger partial charge in [-0.3, -0.25) is 4.99 Å². The number of aliphatic hydroxyl groups is 1. The predicted octanol–water partition coefficient (Wildman–Crippen LogP) is 1.33. The molecule has 7 heteroatoms. The third kappa shape index (κ3) is 6.36. The van der Waals surface area contributed by atoms with Gasteiger partial charge in [-0.2, -0.15) is 0 Å². The minimum absolute atomic E-state index is 0. The summed E-state index contributed by atoms with van der Waals surface area (Å²) in [6.45, 7) is 7.72. The van der Waals surface area contributed by atoms with Crippen molar-refractivity contribution in [3.63, 3.8) is 0 Å². The average Bonchev–Trinajstić information content (AvgIpc) is 2.52. The fraction of sp³-hybridized carbons (Fsp3) is 0.938. The van der Waals surface area contributed by atoms with Gasteiger partial charge in [0.2, 0.25) is 0 Å². The number of guanidine groups is 1. The van der Waals surface area contributed by atoms with Crippen molar-refractivity contribution in [2.75, 3.05) is 59.7 Å². The fourth-order valence-corrected chi connectivity index (χ4v) is 2.85. The number of rotatable bonds is 7. The molecule has 23 heavy (non-hydrogen) atoms. The van der Waals surface area contributed by atoms with E-state index in [4.69, 9.17) is 14.5 Å². The zero-order valence-electron chi connectivity index (χ0n) is 14.4. The highest BCUT2D eigenvalue weighted by Crippen LogP contribution is 2.27. The number of ether oxygens (including phenoxy) is 2. The number of nitrogens with one attached hydrogen (secondary N) is 1. The van der Waals surface area contributed by atoms with Crippen LogP contribution in [0.25, 0.3) is 0 Å². The van der Waals surface area contributed by atoms with Gasteiger partial charge in [-0.1, -0.05) is 0 Å². The normalized spacial score (nSPS) is 21.3. The Morgan fingerprint density at radius 1 is 1.30 bits per heavy atom. The summed E-state index contributed by atoms with van der Waals surface area (Å²) in [6, 6.07) is 0. The van der Waals surface area contributed by atoms with Crippen molar-refractivity contribution >= 4 is 29.9 Å². The second kappa shape index (κ2) is 10.7. The van der Waals surface area contributed by atoms with E-state index in [1.165, 1.54) is 19.3 Å². The molecule has 136 valence electrons. The zero-order valence-corrected chi connectivity index (χ0v) is 16.8. The maximum absolute atomic E-state index is 9.50. The smallest absolute Gasteiger partial charge is 0.193 e. The molecule has 0 unspecified atom stereocenters. The lowest BCUT2D eigenvalue weighted by Gasteiger charge is -2.38. The zero-order chi connectivity index (χ0) is 15.8. The van der Waals surface area contributed by atoms with Gasteiger partial charge in [0.25, 0.3) is 0 Å². The van der Waals surface area contributed by atoms with Crippen LogP contribution in [0.3, 0.4) is 0 Å². The molecule has 0 aromatic rings. The van der Waals surface area contributed by atoms with Crippen molar-refractivity contribution in [1.82, 2.24) is 10.2 Å². The van der Waals surface area contributed by atoms with Crippen molar-refractivity contribution in [2.45, 2.75) is 26.2 Å². The molecule has 2 aliphatic heterocycles. The van der Waals surface area contributed by atoms with Gasteiger partial charge < -0.3 is 24.8 Å². The van der Waals surface area contributed by atoms with Crippen LogP contribution in [0.15, 0.2) is 4.99 Å². The van der Waals surface area contributed by atoms with E-state index in [0.29, 0.717) is 19.8 Å². The van der Waals surface area contributed by atoms with Gasteiger partial charge in [-0.15, -0.1) is 24.0 Å². The molecule has 0 aromatic carbocycles. The molecule has 0 radical (unpaired) electrons. The SMILES string of the molecule is CCNC(=NCC1(CO)COC1)N(C)CCC1CCOCC1.I. The molecule has 2 saturated heterocycles. The highest BCUT2D eigenvalue weighted by atomic mass is 127. The van der Waals surface area contributed by atoms with Crippen LogP contribution in [0, 0.1) is 11.3 Å². The average molecular weight is 441 g/mol. The Bertz CT molecular complexity index is 353. The van der Waals surface area contributed by atoms with Crippen LogP contribution in [0.1, 0.15) is 26.2 Å². The molecule has 0 spiro atoms. The first-order valence-corrected chi connectivity index (χ1v) is 8.45. The van der Waals surface area contributed by atoms with Crippen LogP contribution >= 0.6 is 24.0 Å². The third-order valence-electron chi connectivity index (χ3n) is 4.63. The topological polar surface area (TPSA) is 66.3 Å². The van der Waals surface area contributed by atoms with E-state index in [9.17, 15) is 5.11 Å². The summed E-state index contributed by atoms with van der Waals surface area (Å²) in [5.74, 6) is 1.69. The summed E-state index contributed by atoms with van der Waals surface area (Å²) in [7, 11) is 2.09. The van der Waals surface area contributed by atoms with Gasteiger partial charge >= 0.3 is 0 Å². The minimum Gasteiger partial charge on any atom is -0.396 e. The third-order valence-corrected chi connectivity index (χ3v) is 4.63. The van der Waals surface area contributed by atoms with Crippen molar-refractivity contribution in [1.29, 1.82) is 0 Å². The summed E-state index contributed by atoms with van der Waals surface area (Å²) in [6.07, 6.45) is 3.53. The minimum atomic E-state index is -0.164. The Kier molecular flexibility index (Phi) is 9.72. The van der Waals surface area contributed by atoms with Crippen LogP contribution < -0.4 is 5.32 Å². The Morgan fingerprint density at radius 3 is 2.52 bits per heavy atom. The van der Waals surface area contributed by atoms with Crippen LogP contribution in [0.5, 0.6) is 0 Å². The molecule has 6 nitrogen and oxygen atoms in total. The molecule has 2 aliphatic rings. The van der Waals surface area contributed by atoms with Gasteiger partial charge in [-0.25, -0.2) is 0 Å². The fourth-order valence-electron chi connectivity index (χ4n) is 2.85. The first-order chi connectivity index (χ1) is 10.7. The van der Waals surface area contributed by atoms with Gasteiger partial charge in [0.05, 0.1) is 31.8 Å². The molecular weight excluding hydrogens is 409 g/mol. The number of aliphatic hydroxyl groups excluding tert-OH is 1. The van der Waals surface area contributed by atoms with Crippen molar-refractivity contribution in [3.05, 3.63) is 0 Å². The van der Waals surface area contributed by atoms with Crippen LogP contribution in [0.2, 0.25) is 0 Å². The molecule has 0 saturated carbocycles. The summed E-state index contributed by atoms with van der Waals surface area (Å²) in [4.78, 5) is 6.91. The number of hydrogen-bond donors (Lipinski definition) is 2. The van der Waals surface area contributed by atoms with E-state index < -0.39 is 0 Å². The maximum atomic E-state index is 9.50. The van der Waals surface area contributed by atoms with Crippen LogP contribution in [0.4, 0.5) is 0 Å². The van der Waals surface area contributed by atoms with E-state index >= 15 is 0 Å². The van der Waals surface area contributed by atoms with E-state index in [0.717, 1.165) is 38.2 Å². The molecule has 0 aliphatic carbocycles. The lowest BCUT2D eigenvalue weighted by Crippen LogP contribution is -2.49. The quantitative estimate of drug-likeness (QED) is 0.355. The Balaban J connectivity index is 0.00000264. The largest absolute Gasteiger partial charge is 0.396 e. The van der Waals surface area contributed by atoms with Crippen LogP contribution in [-0.4, -0.2) is 75.7 Å². The molecule has 0 bridgehead atoms. The second-order valence-corrected chi connectivity index (χ2v) is 6.59. The Hall–Kier alpha value is -0.120. The Morgan fingerprint density at radius 2 is 2.00 bits per heavy atom. The standard InChI is InChI=1S/C16H31N3O3.HI/c1-3-17-15(18-10-16(11-20)12-22-13-16)19(2)7-4-14-5-8-21-9-6-14;/h14,20H,3-13H2,1-2H3,(H,17,18);1H. The van der Waals surface area contributed by atoms with Crippen molar-refractivity contribution in [3.8, 4) is 0 Å². The predicted molar refractivity (Wildman–Crippen MR) is 103 cm³/mol. The highest BCUT2D eigenvalue weighted by molar-refractivity contribution is 14.0. The van der Waals surface area contributed by atoms with E-state index in [1.807, 2.05) is 0 Å². The summed E-state index contributed by atoms with van der Waals surface area (Å²) < 4.78 is 10.6. The molecule has 2 N–H and O–H groups in total. The molecular formula is C16H32IN3O3. The van der Waals surface area contributed by atoms with Crippen molar-refractivity contribution < 1.29 is 14.6 Å². The van der Waals surface area contributed by atoms with Gasteiger partial charge in [0, 0.05) is 33.4 Å². The molecule has 0 aromatic heterocycles.